The SMILES string of the molecule is CC(C)(C)CCC(N)C(O)c1cncs1. The number of thiazole rings is 1. The van der Waals surface area contributed by atoms with E-state index in [2.05, 4.69) is 25.8 Å². The third kappa shape index (κ3) is 4.28. The van der Waals surface area contributed by atoms with Gasteiger partial charge in [0.15, 0.2) is 0 Å². The quantitative estimate of drug-likeness (QED) is 0.831. The molecule has 0 saturated carbocycles. The smallest absolute Gasteiger partial charge is 0.105 e. The van der Waals surface area contributed by atoms with Crippen LogP contribution in [0, 0.1) is 5.41 Å². The second-order valence-corrected chi connectivity index (χ2v) is 6.03. The molecular weight excluding hydrogens is 208 g/mol. The van der Waals surface area contributed by atoms with Crippen molar-refractivity contribution < 1.29 is 5.11 Å². The average molecular weight is 228 g/mol. The molecule has 0 saturated heterocycles. The molecule has 1 rings (SSSR count). The summed E-state index contributed by atoms with van der Waals surface area (Å²) in [6.45, 7) is 6.54. The second-order valence-electron chi connectivity index (χ2n) is 5.11. The highest BCUT2D eigenvalue weighted by molar-refractivity contribution is 7.09. The number of aliphatic hydroxyl groups is 1. The van der Waals surface area contributed by atoms with Crippen LogP contribution in [-0.4, -0.2) is 16.1 Å². The van der Waals surface area contributed by atoms with Gasteiger partial charge in [0.25, 0.3) is 0 Å². The van der Waals surface area contributed by atoms with Crippen LogP contribution in [0.25, 0.3) is 0 Å². The van der Waals surface area contributed by atoms with Crippen LogP contribution in [0.1, 0.15) is 44.6 Å². The van der Waals surface area contributed by atoms with Gasteiger partial charge < -0.3 is 10.8 Å². The van der Waals surface area contributed by atoms with Crippen molar-refractivity contribution in [3.8, 4) is 0 Å². The predicted octanol–water partition coefficient (Wildman–Crippen LogP) is 2.33. The molecular formula is C11H20N2OS. The predicted molar refractivity (Wildman–Crippen MR) is 63.7 cm³/mol. The molecule has 0 aliphatic heterocycles. The van der Waals surface area contributed by atoms with Gasteiger partial charge in [0.05, 0.1) is 10.4 Å². The third-order valence-electron chi connectivity index (χ3n) is 2.38. The van der Waals surface area contributed by atoms with Crippen molar-refractivity contribution in [2.75, 3.05) is 0 Å². The molecule has 15 heavy (non-hydrogen) atoms. The summed E-state index contributed by atoms with van der Waals surface area (Å²) in [5.74, 6) is 0. The summed E-state index contributed by atoms with van der Waals surface area (Å²) >= 11 is 1.45. The van der Waals surface area contributed by atoms with E-state index < -0.39 is 6.10 Å². The molecule has 3 nitrogen and oxygen atoms in total. The first-order valence-corrected chi connectivity index (χ1v) is 6.10. The molecule has 0 spiro atoms. The lowest BCUT2D eigenvalue weighted by Crippen LogP contribution is -2.29. The van der Waals surface area contributed by atoms with E-state index in [1.807, 2.05) is 0 Å². The van der Waals surface area contributed by atoms with Gasteiger partial charge in [-0.15, -0.1) is 11.3 Å². The first-order chi connectivity index (χ1) is 6.90. The van der Waals surface area contributed by atoms with Gasteiger partial charge in [0.2, 0.25) is 0 Å². The summed E-state index contributed by atoms with van der Waals surface area (Å²) in [6, 6.07) is -0.190. The Kier molecular flexibility index (Phi) is 4.25. The Labute approximate surface area is 95.3 Å². The topological polar surface area (TPSA) is 59.1 Å². The first kappa shape index (κ1) is 12.6. The fourth-order valence-corrected chi connectivity index (χ4v) is 2.02. The number of nitrogens with zero attached hydrogens (tertiary/aromatic N) is 1. The Morgan fingerprint density at radius 3 is 2.67 bits per heavy atom. The maximum atomic E-state index is 9.92. The number of aliphatic hydroxyl groups excluding tert-OH is 1. The Bertz CT molecular complexity index is 279. The summed E-state index contributed by atoms with van der Waals surface area (Å²) in [5.41, 5.74) is 7.93. The highest BCUT2D eigenvalue weighted by Crippen LogP contribution is 2.26. The minimum Gasteiger partial charge on any atom is -0.386 e. The maximum Gasteiger partial charge on any atom is 0.105 e. The standard InChI is InChI=1S/C11H20N2OS/c1-11(2,3)5-4-8(12)10(14)9-6-13-7-15-9/h6-8,10,14H,4-5,12H2,1-3H3. The fraction of sp³-hybridized carbons (Fsp3) is 0.727. The number of hydrogen-bond acceptors (Lipinski definition) is 4. The molecule has 1 aromatic heterocycles. The highest BCUT2D eigenvalue weighted by Gasteiger charge is 2.20. The molecule has 0 bridgehead atoms. The molecule has 0 aromatic carbocycles. The van der Waals surface area contributed by atoms with E-state index in [0.29, 0.717) is 0 Å². The molecule has 0 aliphatic rings. The van der Waals surface area contributed by atoms with E-state index in [9.17, 15) is 5.11 Å². The van der Waals surface area contributed by atoms with Crippen LogP contribution < -0.4 is 5.73 Å². The fourth-order valence-electron chi connectivity index (χ4n) is 1.34. The van der Waals surface area contributed by atoms with E-state index in [1.54, 1.807) is 11.7 Å². The first-order valence-electron chi connectivity index (χ1n) is 5.22. The molecule has 4 heteroatoms. The highest BCUT2D eigenvalue weighted by atomic mass is 32.1. The molecule has 0 radical (unpaired) electrons. The van der Waals surface area contributed by atoms with Crippen molar-refractivity contribution >= 4 is 11.3 Å². The Balaban J connectivity index is 2.44. The number of aromatic nitrogens is 1. The van der Waals surface area contributed by atoms with E-state index in [0.717, 1.165) is 17.7 Å². The molecule has 3 N–H and O–H groups in total. The molecule has 2 unspecified atom stereocenters. The van der Waals surface area contributed by atoms with E-state index in [-0.39, 0.29) is 11.5 Å². The van der Waals surface area contributed by atoms with Crippen LogP contribution in [-0.2, 0) is 0 Å². The minimum atomic E-state index is -0.570. The van der Waals surface area contributed by atoms with Crippen LogP contribution in [0.2, 0.25) is 0 Å². The molecule has 0 fully saturated rings. The van der Waals surface area contributed by atoms with Crippen molar-refractivity contribution in [2.24, 2.45) is 11.1 Å². The van der Waals surface area contributed by atoms with Crippen molar-refractivity contribution in [3.63, 3.8) is 0 Å². The molecule has 1 heterocycles. The van der Waals surface area contributed by atoms with Gasteiger partial charge >= 0.3 is 0 Å². The van der Waals surface area contributed by atoms with E-state index in [1.165, 1.54) is 11.3 Å². The summed E-state index contributed by atoms with van der Waals surface area (Å²) < 4.78 is 0. The van der Waals surface area contributed by atoms with E-state index in [4.69, 9.17) is 5.73 Å². The van der Waals surface area contributed by atoms with Gasteiger partial charge in [-0.05, 0) is 18.3 Å². The van der Waals surface area contributed by atoms with Gasteiger partial charge in [-0.2, -0.15) is 0 Å². The van der Waals surface area contributed by atoms with Crippen LogP contribution in [0.3, 0.4) is 0 Å². The molecule has 1 aromatic rings. The van der Waals surface area contributed by atoms with Crippen molar-refractivity contribution in [2.45, 2.75) is 45.8 Å². The van der Waals surface area contributed by atoms with Gasteiger partial charge in [-0.3, -0.25) is 4.98 Å². The zero-order valence-electron chi connectivity index (χ0n) is 9.60. The third-order valence-corrected chi connectivity index (χ3v) is 3.22. The lowest BCUT2D eigenvalue weighted by molar-refractivity contribution is 0.138. The molecule has 86 valence electrons. The Morgan fingerprint density at radius 1 is 1.53 bits per heavy atom. The summed E-state index contributed by atoms with van der Waals surface area (Å²) in [6.07, 6.45) is 2.97. The summed E-state index contributed by atoms with van der Waals surface area (Å²) in [4.78, 5) is 4.80. The van der Waals surface area contributed by atoms with Gasteiger partial charge in [-0.1, -0.05) is 20.8 Å². The molecule has 2 atom stereocenters. The molecule has 0 amide bonds. The van der Waals surface area contributed by atoms with Crippen LogP contribution in [0.5, 0.6) is 0 Å². The lowest BCUT2D eigenvalue weighted by Gasteiger charge is -2.23. The largest absolute Gasteiger partial charge is 0.386 e. The number of nitrogens with two attached hydrogens (primary N) is 1. The monoisotopic (exact) mass is 228 g/mol. The normalized spacial score (nSPS) is 16.3. The second kappa shape index (κ2) is 5.05. The van der Waals surface area contributed by atoms with Crippen molar-refractivity contribution in [1.29, 1.82) is 0 Å². The van der Waals surface area contributed by atoms with Crippen LogP contribution in [0.15, 0.2) is 11.7 Å². The minimum absolute atomic E-state index is 0.190. The van der Waals surface area contributed by atoms with Gasteiger partial charge in [0, 0.05) is 12.2 Å². The zero-order chi connectivity index (χ0) is 11.5. The van der Waals surface area contributed by atoms with Crippen LogP contribution in [0.4, 0.5) is 0 Å². The Morgan fingerprint density at radius 2 is 2.20 bits per heavy atom. The maximum absolute atomic E-state index is 9.92. The van der Waals surface area contributed by atoms with Crippen molar-refractivity contribution in [3.05, 3.63) is 16.6 Å². The number of rotatable bonds is 4. The lowest BCUT2D eigenvalue weighted by atomic mass is 9.88. The average Bonchev–Trinajstić information content (AvgIpc) is 2.64. The van der Waals surface area contributed by atoms with Gasteiger partial charge in [0.1, 0.15) is 6.10 Å². The number of hydrogen-bond donors (Lipinski definition) is 2. The summed E-state index contributed by atoms with van der Waals surface area (Å²) in [5, 5.41) is 9.92. The van der Waals surface area contributed by atoms with Crippen LogP contribution >= 0.6 is 11.3 Å². The summed E-state index contributed by atoms with van der Waals surface area (Å²) in [7, 11) is 0. The van der Waals surface area contributed by atoms with Crippen molar-refractivity contribution in [1.82, 2.24) is 4.98 Å². The van der Waals surface area contributed by atoms with E-state index >= 15 is 0 Å². The van der Waals surface area contributed by atoms with Gasteiger partial charge in [-0.25, -0.2) is 0 Å². The molecule has 0 aliphatic carbocycles. The zero-order valence-corrected chi connectivity index (χ0v) is 10.4. The Hall–Kier alpha value is -0.450.